The molecule has 0 spiro atoms. The van der Waals surface area contributed by atoms with Crippen LogP contribution in [-0.4, -0.2) is 59.3 Å². The van der Waals surface area contributed by atoms with Gasteiger partial charge in [0.05, 0.1) is 7.11 Å². The lowest BCUT2D eigenvalue weighted by Gasteiger charge is -2.57. The summed E-state index contributed by atoms with van der Waals surface area (Å²) in [5, 5.41) is 20.7. The van der Waals surface area contributed by atoms with Gasteiger partial charge >= 0.3 is 5.97 Å². The standard InChI is InChI=1S/C24H33NO6/c1-22-8-6-15(25-12-20(29)31-3)10-14(22)4-5-16-17-7-9-24(30,19(28)13-26)23(17,2)11-18(27)21(16)22/h10,16-17,21,26,30H,4-9,11-13H2,1-3H3/t16-,17-,21+,22-,23-,24-/m0/s1. The van der Waals surface area contributed by atoms with Crippen LogP contribution in [0.1, 0.15) is 58.8 Å². The lowest BCUT2D eigenvalue weighted by atomic mass is 9.46. The molecular formula is C24H33NO6. The Balaban J connectivity index is 1.64. The van der Waals surface area contributed by atoms with E-state index in [2.05, 4.69) is 22.7 Å². The first-order valence-corrected chi connectivity index (χ1v) is 11.3. The van der Waals surface area contributed by atoms with E-state index in [0.717, 1.165) is 25.0 Å². The number of hydrogen-bond acceptors (Lipinski definition) is 7. The predicted octanol–water partition coefficient (Wildman–Crippen LogP) is 2.03. The summed E-state index contributed by atoms with van der Waals surface area (Å²) in [6.07, 6.45) is 6.46. The normalized spacial score (nSPS) is 43.0. The van der Waals surface area contributed by atoms with E-state index in [-0.39, 0.29) is 47.9 Å². The van der Waals surface area contributed by atoms with Gasteiger partial charge in [-0.25, -0.2) is 0 Å². The van der Waals surface area contributed by atoms with Gasteiger partial charge in [-0.15, -0.1) is 0 Å². The quantitative estimate of drug-likeness (QED) is 0.659. The number of aliphatic imine (C=N–C) groups is 1. The van der Waals surface area contributed by atoms with E-state index in [1.165, 1.54) is 12.7 Å². The second-order valence-corrected chi connectivity index (χ2v) is 10.3. The van der Waals surface area contributed by atoms with Crippen LogP contribution in [-0.2, 0) is 19.1 Å². The van der Waals surface area contributed by atoms with Crippen molar-refractivity contribution in [1.29, 1.82) is 0 Å². The first-order chi connectivity index (χ1) is 14.6. The Hall–Kier alpha value is -1.86. The minimum absolute atomic E-state index is 0.00914. The van der Waals surface area contributed by atoms with Gasteiger partial charge in [0.25, 0.3) is 0 Å². The number of ether oxygens (including phenoxy) is 1. The van der Waals surface area contributed by atoms with Gasteiger partial charge in [-0.3, -0.25) is 19.4 Å². The molecule has 0 aromatic carbocycles. The summed E-state index contributed by atoms with van der Waals surface area (Å²) in [6, 6.07) is 0. The van der Waals surface area contributed by atoms with Crippen LogP contribution >= 0.6 is 0 Å². The van der Waals surface area contributed by atoms with E-state index in [0.29, 0.717) is 19.3 Å². The number of nitrogens with zero attached hydrogens (tertiary/aromatic N) is 1. The molecule has 0 aromatic rings. The molecule has 7 nitrogen and oxygen atoms in total. The van der Waals surface area contributed by atoms with Crippen molar-refractivity contribution in [3.8, 4) is 0 Å². The maximum atomic E-state index is 13.6. The highest BCUT2D eigenvalue weighted by Gasteiger charge is 2.68. The molecule has 0 unspecified atom stereocenters. The lowest BCUT2D eigenvalue weighted by molar-refractivity contribution is -0.170. The van der Waals surface area contributed by atoms with Crippen LogP contribution in [0.4, 0.5) is 0 Å². The number of ketones is 2. The fraction of sp³-hybridized carbons (Fsp3) is 0.750. The molecule has 0 radical (unpaired) electrons. The van der Waals surface area contributed by atoms with Crippen LogP contribution in [0.5, 0.6) is 0 Å². The van der Waals surface area contributed by atoms with Crippen molar-refractivity contribution in [1.82, 2.24) is 0 Å². The SMILES string of the molecule is COC(=O)CN=C1C=C2CC[C@@H]3[C@H](C(=O)C[C@@]4(C)[C@H]3CC[C@]4(O)C(=O)CO)[C@@]2(C)CC1. The van der Waals surface area contributed by atoms with Crippen LogP contribution in [0.2, 0.25) is 0 Å². The maximum Gasteiger partial charge on any atom is 0.327 e. The number of rotatable bonds is 4. The Morgan fingerprint density at radius 1 is 1.23 bits per heavy atom. The van der Waals surface area contributed by atoms with Crippen molar-refractivity contribution in [3.63, 3.8) is 0 Å². The molecule has 170 valence electrons. The molecule has 4 aliphatic carbocycles. The van der Waals surface area contributed by atoms with E-state index in [1.807, 2.05) is 6.92 Å². The van der Waals surface area contributed by atoms with Gasteiger partial charge in [0.1, 0.15) is 24.5 Å². The van der Waals surface area contributed by atoms with Crippen molar-refractivity contribution < 1.29 is 29.3 Å². The Kier molecular flexibility index (Phi) is 5.49. The predicted molar refractivity (Wildman–Crippen MR) is 113 cm³/mol. The first-order valence-electron chi connectivity index (χ1n) is 11.3. The average Bonchev–Trinajstić information content (AvgIpc) is 3.02. The number of Topliss-reactive ketones (excluding diaryl/α,β-unsaturated/α-hetero) is 2. The van der Waals surface area contributed by atoms with Crippen molar-refractivity contribution in [2.75, 3.05) is 20.3 Å². The molecule has 3 fully saturated rings. The third kappa shape index (κ3) is 3.15. The van der Waals surface area contributed by atoms with E-state index in [4.69, 9.17) is 0 Å². The summed E-state index contributed by atoms with van der Waals surface area (Å²) in [5.74, 6) is -0.713. The average molecular weight is 432 g/mol. The van der Waals surface area contributed by atoms with E-state index >= 15 is 0 Å². The third-order valence-corrected chi connectivity index (χ3v) is 9.07. The van der Waals surface area contributed by atoms with Crippen LogP contribution < -0.4 is 0 Å². The molecule has 0 aliphatic heterocycles. The summed E-state index contributed by atoms with van der Waals surface area (Å²) in [7, 11) is 1.35. The molecule has 4 rings (SSSR count). The molecule has 0 amide bonds. The van der Waals surface area contributed by atoms with Crippen LogP contribution in [0.3, 0.4) is 0 Å². The maximum absolute atomic E-state index is 13.6. The van der Waals surface area contributed by atoms with Crippen molar-refractivity contribution in [2.45, 2.75) is 64.4 Å². The fourth-order valence-electron chi connectivity index (χ4n) is 7.34. The number of allylic oxidation sites excluding steroid dienone is 2. The number of methoxy groups -OCH3 is 1. The number of carbonyl (C=O) groups is 3. The molecule has 0 saturated heterocycles. The van der Waals surface area contributed by atoms with E-state index in [1.54, 1.807) is 0 Å². The van der Waals surface area contributed by atoms with Crippen molar-refractivity contribution in [2.24, 2.45) is 33.6 Å². The molecule has 4 aliphatic rings. The van der Waals surface area contributed by atoms with Gasteiger partial charge in [0, 0.05) is 23.5 Å². The molecule has 0 aromatic heterocycles. The molecule has 6 atom stereocenters. The smallest absolute Gasteiger partial charge is 0.327 e. The van der Waals surface area contributed by atoms with Gasteiger partial charge < -0.3 is 14.9 Å². The summed E-state index contributed by atoms with van der Waals surface area (Å²) in [5.41, 5.74) is -0.587. The minimum Gasteiger partial charge on any atom is -0.468 e. The minimum atomic E-state index is -1.62. The Morgan fingerprint density at radius 2 is 1.97 bits per heavy atom. The monoisotopic (exact) mass is 431 g/mol. The first kappa shape index (κ1) is 22.3. The van der Waals surface area contributed by atoms with Crippen molar-refractivity contribution in [3.05, 3.63) is 11.6 Å². The molecule has 0 bridgehead atoms. The van der Waals surface area contributed by atoms with Gasteiger partial charge in [-0.1, -0.05) is 19.4 Å². The summed E-state index contributed by atoms with van der Waals surface area (Å²) >= 11 is 0. The number of hydrogen-bond donors (Lipinski definition) is 2. The number of aliphatic hydroxyl groups excluding tert-OH is 1. The summed E-state index contributed by atoms with van der Waals surface area (Å²) < 4.78 is 4.67. The number of carbonyl (C=O) groups excluding carboxylic acids is 3. The molecule has 7 heteroatoms. The molecule has 0 heterocycles. The van der Waals surface area contributed by atoms with E-state index in [9.17, 15) is 24.6 Å². The zero-order valence-corrected chi connectivity index (χ0v) is 18.6. The van der Waals surface area contributed by atoms with Gasteiger partial charge in [0.15, 0.2) is 5.78 Å². The highest BCUT2D eigenvalue weighted by Crippen LogP contribution is 2.66. The molecule has 2 N–H and O–H groups in total. The van der Waals surface area contributed by atoms with Gasteiger partial charge in [0.2, 0.25) is 0 Å². The largest absolute Gasteiger partial charge is 0.468 e. The topological polar surface area (TPSA) is 113 Å². The molecule has 3 saturated carbocycles. The highest BCUT2D eigenvalue weighted by molar-refractivity contribution is 5.98. The van der Waals surface area contributed by atoms with Crippen LogP contribution in [0.15, 0.2) is 16.6 Å². The third-order valence-electron chi connectivity index (χ3n) is 9.07. The van der Waals surface area contributed by atoms with E-state index < -0.39 is 23.4 Å². The second-order valence-electron chi connectivity index (χ2n) is 10.3. The Bertz CT molecular complexity index is 877. The summed E-state index contributed by atoms with van der Waals surface area (Å²) in [6.45, 7) is 3.36. The number of esters is 1. The lowest BCUT2D eigenvalue weighted by Crippen LogP contribution is -2.60. The van der Waals surface area contributed by atoms with Gasteiger partial charge in [-0.05, 0) is 61.9 Å². The fourth-order valence-corrected chi connectivity index (χ4v) is 7.34. The highest BCUT2D eigenvalue weighted by atomic mass is 16.5. The Morgan fingerprint density at radius 3 is 2.65 bits per heavy atom. The number of fused-ring (bicyclic) bond motifs is 5. The zero-order valence-electron chi connectivity index (χ0n) is 18.6. The van der Waals surface area contributed by atoms with Crippen LogP contribution in [0, 0.1) is 28.6 Å². The summed E-state index contributed by atoms with van der Waals surface area (Å²) in [4.78, 5) is 41.9. The van der Waals surface area contributed by atoms with Gasteiger partial charge in [-0.2, -0.15) is 0 Å². The Labute approximate surface area is 183 Å². The molecule has 31 heavy (non-hydrogen) atoms. The molecular weight excluding hydrogens is 398 g/mol. The zero-order chi connectivity index (χ0) is 22.6. The van der Waals surface area contributed by atoms with Crippen molar-refractivity contribution >= 4 is 23.2 Å². The van der Waals surface area contributed by atoms with Crippen LogP contribution in [0.25, 0.3) is 0 Å². The number of aliphatic hydroxyl groups is 2. The second kappa shape index (κ2) is 7.62.